The molecule has 0 amide bonds. The molecule has 0 saturated heterocycles. The topological polar surface area (TPSA) is 0 Å². The largest absolute Gasteiger partial charge is 0.0756 e. The molecule has 9 aromatic rings. The second-order valence-corrected chi connectivity index (χ2v) is 15.4. The summed E-state index contributed by atoms with van der Waals surface area (Å²) in [6, 6.07) is 61.0. The maximum absolute atomic E-state index is 2.49. The second-order valence-electron chi connectivity index (χ2n) is 12.6. The van der Waals surface area contributed by atoms with Crippen LogP contribution in [-0.4, -0.2) is 0 Å². The van der Waals surface area contributed by atoms with E-state index >= 15 is 0 Å². The van der Waals surface area contributed by atoms with Gasteiger partial charge in [0.05, 0.1) is 0 Å². The number of rotatable bonds is 3. The van der Waals surface area contributed by atoms with Gasteiger partial charge in [0.25, 0.3) is 0 Å². The normalized spacial score (nSPS) is 12.8. The van der Waals surface area contributed by atoms with E-state index in [2.05, 4.69) is 176 Å². The van der Waals surface area contributed by atoms with Gasteiger partial charge in [0.1, 0.15) is 0 Å². The van der Waals surface area contributed by atoms with Crippen LogP contribution in [0.1, 0.15) is 5.56 Å². The molecular formula is C47H29I. The summed E-state index contributed by atoms with van der Waals surface area (Å²) in [4.78, 5) is 0. The molecule has 1 aliphatic rings. The molecule has 0 aromatic heterocycles. The molecule has 224 valence electrons. The molecule has 0 aliphatic carbocycles. The zero-order chi connectivity index (χ0) is 31.6. The first kappa shape index (κ1) is 27.7. The molecule has 0 saturated carbocycles. The fourth-order valence-electron chi connectivity index (χ4n) is 7.57. The van der Waals surface area contributed by atoms with E-state index in [1.54, 1.807) is 0 Å². The van der Waals surface area contributed by atoms with Crippen molar-refractivity contribution in [3.63, 3.8) is 0 Å². The molecule has 0 atom stereocenters. The standard InChI is InChI=1S/C47H29I/c1-3-12-34-27-37(21-17-30(34)9-1)45-40-15-7-8-16-41(40)46(38-22-18-31-10-2-4-13-35(31)28-38)43-29-36(23-25-42(43)45)44-26-24-33-20-19-32-11-5-6-14-39(32)47(33)48-44/h1-29H. The number of benzene rings is 9. The Morgan fingerprint density at radius 1 is 0.312 bits per heavy atom. The molecule has 0 N–H and O–H groups in total. The molecule has 48 heavy (non-hydrogen) atoms. The maximum atomic E-state index is 2.49. The number of hydrogen-bond acceptors (Lipinski definition) is 0. The van der Waals surface area contributed by atoms with E-state index in [1.807, 2.05) is 0 Å². The summed E-state index contributed by atoms with van der Waals surface area (Å²) < 4.78 is 2.99. The Morgan fingerprint density at radius 2 is 0.812 bits per heavy atom. The summed E-state index contributed by atoms with van der Waals surface area (Å²) in [6.07, 6.45) is 4.71. The van der Waals surface area contributed by atoms with Crippen LogP contribution in [0.2, 0.25) is 0 Å². The van der Waals surface area contributed by atoms with Crippen molar-refractivity contribution >= 4 is 84.2 Å². The summed E-state index contributed by atoms with van der Waals surface area (Å²) in [5.74, 6) is 0. The molecule has 0 fully saturated rings. The predicted molar refractivity (Wildman–Crippen MR) is 216 cm³/mol. The number of halogens is 1. The van der Waals surface area contributed by atoms with Gasteiger partial charge in [-0.25, -0.2) is 0 Å². The molecule has 1 heteroatoms. The summed E-state index contributed by atoms with van der Waals surface area (Å²) in [5, 5.41) is 14.3. The lowest BCUT2D eigenvalue weighted by molar-refractivity contribution is 1.64. The van der Waals surface area contributed by atoms with Gasteiger partial charge in [-0.15, -0.1) is 0 Å². The fourth-order valence-corrected chi connectivity index (χ4v) is 10.6. The third kappa shape index (κ3) is 4.46. The van der Waals surface area contributed by atoms with E-state index in [4.69, 9.17) is 0 Å². The Bertz CT molecular complexity index is 2950. The van der Waals surface area contributed by atoms with Gasteiger partial charge < -0.3 is 0 Å². The Balaban J connectivity index is 1.29. The highest BCUT2D eigenvalue weighted by molar-refractivity contribution is 14.2. The second kappa shape index (κ2) is 11.1. The molecule has 1 heterocycles. The van der Waals surface area contributed by atoms with Crippen molar-refractivity contribution in [3.05, 3.63) is 184 Å². The summed E-state index contributed by atoms with van der Waals surface area (Å²) in [5.41, 5.74) is 6.45. The van der Waals surface area contributed by atoms with E-state index in [0.717, 1.165) is 0 Å². The quantitative estimate of drug-likeness (QED) is 0.126. The van der Waals surface area contributed by atoms with Crippen molar-refractivity contribution in [2.75, 3.05) is 0 Å². The van der Waals surface area contributed by atoms with E-state index < -0.39 is 0 Å². The van der Waals surface area contributed by atoms with Crippen molar-refractivity contribution < 1.29 is 0 Å². The molecule has 0 unspecified atom stereocenters. The van der Waals surface area contributed by atoms with Crippen LogP contribution in [0.4, 0.5) is 0 Å². The first-order valence-electron chi connectivity index (χ1n) is 16.5. The van der Waals surface area contributed by atoms with Gasteiger partial charge in [-0.3, -0.25) is 0 Å². The molecule has 10 rings (SSSR count). The number of hydrogen-bond donors (Lipinski definition) is 0. The van der Waals surface area contributed by atoms with Gasteiger partial charge in [0.15, 0.2) is 0 Å². The molecule has 1 aliphatic heterocycles. The Labute approximate surface area is 288 Å². The Kier molecular flexibility index (Phi) is 6.41. The van der Waals surface area contributed by atoms with Crippen LogP contribution in [0, 0.1) is 3.15 Å². The molecule has 0 spiro atoms. The first-order valence-corrected chi connectivity index (χ1v) is 18.6. The lowest BCUT2D eigenvalue weighted by Gasteiger charge is -2.19. The van der Waals surface area contributed by atoms with Crippen molar-refractivity contribution in [2.24, 2.45) is 0 Å². The van der Waals surface area contributed by atoms with Crippen molar-refractivity contribution in [1.82, 2.24) is 0 Å². The van der Waals surface area contributed by atoms with Gasteiger partial charge in [-0.1, -0.05) is 172 Å². The highest BCUT2D eigenvalue weighted by Gasteiger charge is 2.18. The highest BCUT2D eigenvalue weighted by Crippen LogP contribution is 2.46. The molecule has 9 aromatic carbocycles. The van der Waals surface area contributed by atoms with Gasteiger partial charge in [-0.2, -0.15) is 0 Å². The monoisotopic (exact) mass is 720 g/mol. The van der Waals surface area contributed by atoms with Gasteiger partial charge in [0.2, 0.25) is 0 Å². The smallest absolute Gasteiger partial charge is 0.0233 e. The van der Waals surface area contributed by atoms with Crippen LogP contribution in [0.5, 0.6) is 0 Å². The van der Waals surface area contributed by atoms with E-state index in [-0.39, 0.29) is 20.7 Å². The zero-order valence-corrected chi connectivity index (χ0v) is 28.3. The third-order valence-corrected chi connectivity index (χ3v) is 13.2. The fraction of sp³-hybridized carbons (Fsp3) is 0. The Morgan fingerprint density at radius 3 is 1.48 bits per heavy atom. The highest BCUT2D eigenvalue weighted by atomic mass is 127. The first-order chi connectivity index (χ1) is 23.8. The summed E-state index contributed by atoms with van der Waals surface area (Å²) in [7, 11) is 0. The zero-order valence-electron chi connectivity index (χ0n) is 26.1. The lowest BCUT2D eigenvalue weighted by atomic mass is 9.84. The maximum Gasteiger partial charge on any atom is 0.0233 e. The van der Waals surface area contributed by atoms with Gasteiger partial charge >= 0.3 is 0 Å². The minimum absolute atomic E-state index is 0.376. The van der Waals surface area contributed by atoms with Crippen molar-refractivity contribution in [1.29, 1.82) is 0 Å². The van der Waals surface area contributed by atoms with Crippen molar-refractivity contribution in [3.8, 4) is 22.3 Å². The minimum Gasteiger partial charge on any atom is -0.0756 e. The van der Waals surface area contributed by atoms with E-state index in [0.29, 0.717) is 0 Å². The molecule has 0 nitrogen and oxygen atoms in total. The van der Waals surface area contributed by atoms with Crippen LogP contribution in [0.25, 0.3) is 85.8 Å². The average Bonchev–Trinajstić information content (AvgIpc) is 3.16. The van der Waals surface area contributed by atoms with E-state index in [1.165, 1.54) is 93.6 Å². The summed E-state index contributed by atoms with van der Waals surface area (Å²) in [6.45, 7) is 0. The van der Waals surface area contributed by atoms with Crippen molar-refractivity contribution in [2.45, 2.75) is 0 Å². The van der Waals surface area contributed by atoms with Gasteiger partial charge in [0, 0.05) is 6.73 Å². The summed E-state index contributed by atoms with van der Waals surface area (Å²) >= 11 is -0.376. The molecular weight excluding hydrogens is 691 g/mol. The third-order valence-electron chi connectivity index (χ3n) is 9.87. The van der Waals surface area contributed by atoms with E-state index in [9.17, 15) is 0 Å². The number of fused-ring (bicyclic) bond motifs is 7. The molecule has 0 radical (unpaired) electrons. The van der Waals surface area contributed by atoms with Crippen LogP contribution < -0.4 is 5.22 Å². The van der Waals surface area contributed by atoms with Gasteiger partial charge in [-0.05, 0) is 111 Å². The van der Waals surface area contributed by atoms with Crippen LogP contribution in [-0.2, 0) is 0 Å². The SMILES string of the molecule is C1=C(c2ccc3c(-c4ccc5ccccc5c4)c4ccccc4c(-c4ccc5ccccc5c4)c3c2)I=c2c(ccc3ccccc23)=C1. The predicted octanol–water partition coefficient (Wildman–Crippen LogP) is 12.8. The average molecular weight is 721 g/mol. The lowest BCUT2D eigenvalue weighted by Crippen LogP contribution is -2.03. The van der Waals surface area contributed by atoms with Crippen LogP contribution >= 0.6 is 20.7 Å². The van der Waals surface area contributed by atoms with Crippen LogP contribution in [0.3, 0.4) is 0 Å². The minimum atomic E-state index is -0.376. The number of allylic oxidation sites excluding steroid dienone is 1. The Hall–Kier alpha value is -5.38. The molecule has 0 bridgehead atoms. The van der Waals surface area contributed by atoms with Crippen LogP contribution in [0.15, 0.2) is 170 Å².